The highest BCUT2D eigenvalue weighted by molar-refractivity contribution is 8.03. The van der Waals surface area contributed by atoms with Crippen LogP contribution in [0.5, 0.6) is 0 Å². The third-order valence-corrected chi connectivity index (χ3v) is 3.16. The van der Waals surface area contributed by atoms with Crippen LogP contribution in [0.25, 0.3) is 0 Å². The van der Waals surface area contributed by atoms with Crippen LogP contribution in [0.3, 0.4) is 0 Å². The van der Waals surface area contributed by atoms with E-state index in [2.05, 4.69) is 0 Å². The first-order chi connectivity index (χ1) is 5.22. The maximum atomic E-state index is 11.2. The molecule has 3 atom stereocenters. The number of β-lactam (4-membered cyclic amide) rings is 1. The number of nitrogens with zero attached hydrogens (tertiary/aromatic N) is 1. The van der Waals surface area contributed by atoms with E-state index in [1.165, 1.54) is 0 Å². The van der Waals surface area contributed by atoms with E-state index in [-0.39, 0.29) is 17.2 Å². The second-order valence-electron chi connectivity index (χ2n) is 2.82. The molecule has 2 rings (SSSR count). The van der Waals surface area contributed by atoms with E-state index < -0.39 is 6.10 Å². The van der Waals surface area contributed by atoms with Crippen molar-refractivity contribution in [3.63, 3.8) is 0 Å². The first-order valence-electron chi connectivity index (χ1n) is 3.54. The Hall–Kier alpha value is -0.480. The zero-order valence-electron chi connectivity index (χ0n) is 6.10. The highest BCUT2D eigenvalue weighted by atomic mass is 32.2. The molecule has 0 spiro atoms. The number of fused-ring (bicyclic) bond motifs is 1. The minimum Gasteiger partial charge on any atom is -0.392 e. The van der Waals surface area contributed by atoms with Gasteiger partial charge in [-0.25, -0.2) is 0 Å². The normalized spacial score (nSPS) is 36.9. The van der Waals surface area contributed by atoms with Crippen molar-refractivity contribution in [2.24, 2.45) is 5.92 Å². The Labute approximate surface area is 69.1 Å². The SMILES string of the molecule is C[C@@H](O)C1C(=O)N2C=CS[C@H]12. The molecule has 1 fully saturated rings. The number of rotatable bonds is 1. The Morgan fingerprint density at radius 3 is 3.18 bits per heavy atom. The van der Waals surface area contributed by atoms with Crippen molar-refractivity contribution in [1.82, 2.24) is 4.90 Å². The molecule has 2 heterocycles. The largest absolute Gasteiger partial charge is 0.392 e. The van der Waals surface area contributed by atoms with Gasteiger partial charge in [-0.3, -0.25) is 4.79 Å². The fraction of sp³-hybridized carbons (Fsp3) is 0.571. The van der Waals surface area contributed by atoms with Gasteiger partial charge >= 0.3 is 0 Å². The number of thioether (sulfide) groups is 1. The van der Waals surface area contributed by atoms with E-state index in [0.29, 0.717) is 0 Å². The first-order valence-corrected chi connectivity index (χ1v) is 4.48. The predicted molar refractivity (Wildman–Crippen MR) is 42.5 cm³/mol. The Balaban J connectivity index is 2.12. The molecule has 3 nitrogen and oxygen atoms in total. The van der Waals surface area contributed by atoms with Crippen LogP contribution in [0.2, 0.25) is 0 Å². The van der Waals surface area contributed by atoms with Gasteiger partial charge in [-0.1, -0.05) is 0 Å². The summed E-state index contributed by atoms with van der Waals surface area (Å²) in [5.41, 5.74) is 0. The van der Waals surface area contributed by atoms with Crippen LogP contribution in [0.4, 0.5) is 0 Å². The smallest absolute Gasteiger partial charge is 0.236 e. The van der Waals surface area contributed by atoms with Gasteiger partial charge in [0.1, 0.15) is 5.37 Å². The highest BCUT2D eigenvalue weighted by Crippen LogP contribution is 2.42. The summed E-state index contributed by atoms with van der Waals surface area (Å²) in [4.78, 5) is 12.9. The molecule has 0 aromatic heterocycles. The molecule has 11 heavy (non-hydrogen) atoms. The molecular formula is C7H9NO2S. The number of aliphatic hydroxyl groups is 1. The van der Waals surface area contributed by atoms with Crippen LogP contribution in [0.1, 0.15) is 6.92 Å². The van der Waals surface area contributed by atoms with E-state index in [9.17, 15) is 9.90 Å². The molecule has 1 saturated heterocycles. The Morgan fingerprint density at radius 1 is 1.82 bits per heavy atom. The van der Waals surface area contributed by atoms with E-state index in [1.54, 1.807) is 29.8 Å². The summed E-state index contributed by atoms with van der Waals surface area (Å²) in [5, 5.41) is 11.3. The fourth-order valence-electron chi connectivity index (χ4n) is 1.44. The standard InChI is InChI=1S/C7H9NO2S/c1-4(9)5-6(10)8-2-3-11-7(5)8/h2-5,7,9H,1H3/t4-,5?,7-/m1/s1. The van der Waals surface area contributed by atoms with Gasteiger partial charge in [0.15, 0.2) is 0 Å². The molecule has 0 radical (unpaired) electrons. The quantitative estimate of drug-likeness (QED) is 0.579. The van der Waals surface area contributed by atoms with Gasteiger partial charge in [0.05, 0.1) is 12.0 Å². The lowest BCUT2D eigenvalue weighted by molar-refractivity contribution is -0.151. The molecule has 0 bridgehead atoms. The lowest BCUT2D eigenvalue weighted by Crippen LogP contribution is -2.58. The summed E-state index contributed by atoms with van der Waals surface area (Å²) < 4.78 is 0. The third-order valence-electron chi connectivity index (χ3n) is 2.08. The summed E-state index contributed by atoms with van der Waals surface area (Å²) in [7, 11) is 0. The highest BCUT2D eigenvalue weighted by Gasteiger charge is 2.50. The van der Waals surface area contributed by atoms with Crippen LogP contribution in [0.15, 0.2) is 11.6 Å². The van der Waals surface area contributed by atoms with Crippen molar-refractivity contribution in [2.75, 3.05) is 0 Å². The second-order valence-corrected chi connectivity index (χ2v) is 3.85. The van der Waals surface area contributed by atoms with Gasteiger partial charge in [0.25, 0.3) is 0 Å². The molecule has 1 unspecified atom stereocenters. The molecule has 4 heteroatoms. The molecule has 2 aliphatic heterocycles. The minimum absolute atomic E-state index is 0.0475. The Bertz CT molecular complexity index is 226. The van der Waals surface area contributed by atoms with Crippen LogP contribution in [-0.2, 0) is 4.79 Å². The summed E-state index contributed by atoms with van der Waals surface area (Å²) in [5.74, 6) is -0.138. The number of hydrogen-bond donors (Lipinski definition) is 1. The molecule has 2 aliphatic rings. The average molecular weight is 171 g/mol. The predicted octanol–water partition coefficient (Wildman–Crippen LogP) is 0.370. The van der Waals surface area contributed by atoms with Gasteiger partial charge in [0, 0.05) is 6.20 Å². The number of carbonyl (C=O) groups is 1. The topological polar surface area (TPSA) is 40.5 Å². The van der Waals surface area contributed by atoms with Gasteiger partial charge in [0.2, 0.25) is 5.91 Å². The Kier molecular flexibility index (Phi) is 1.47. The molecule has 60 valence electrons. The van der Waals surface area contributed by atoms with Gasteiger partial charge in [-0.15, -0.1) is 11.8 Å². The van der Waals surface area contributed by atoms with Gasteiger partial charge in [-0.05, 0) is 12.3 Å². The maximum absolute atomic E-state index is 11.2. The number of aliphatic hydroxyl groups excluding tert-OH is 1. The van der Waals surface area contributed by atoms with Gasteiger partial charge < -0.3 is 10.0 Å². The number of amides is 1. The van der Waals surface area contributed by atoms with E-state index in [1.807, 2.05) is 5.41 Å². The van der Waals surface area contributed by atoms with Crippen molar-refractivity contribution in [3.8, 4) is 0 Å². The summed E-state index contributed by atoms with van der Waals surface area (Å²) >= 11 is 1.60. The number of hydrogen-bond acceptors (Lipinski definition) is 3. The van der Waals surface area contributed by atoms with Crippen molar-refractivity contribution >= 4 is 17.7 Å². The van der Waals surface area contributed by atoms with Crippen molar-refractivity contribution in [3.05, 3.63) is 11.6 Å². The van der Waals surface area contributed by atoms with Crippen LogP contribution in [-0.4, -0.2) is 27.4 Å². The zero-order chi connectivity index (χ0) is 8.01. The van der Waals surface area contributed by atoms with Crippen LogP contribution < -0.4 is 0 Å². The van der Waals surface area contributed by atoms with Crippen LogP contribution >= 0.6 is 11.8 Å². The lowest BCUT2D eigenvalue weighted by Gasteiger charge is -2.42. The van der Waals surface area contributed by atoms with E-state index in [4.69, 9.17) is 0 Å². The summed E-state index contributed by atoms with van der Waals surface area (Å²) in [6.07, 6.45) is 1.26. The summed E-state index contributed by atoms with van der Waals surface area (Å²) in [6.45, 7) is 1.67. The molecule has 1 amide bonds. The molecular weight excluding hydrogens is 162 g/mol. The summed E-state index contributed by atoms with van der Waals surface area (Å²) in [6, 6.07) is 0. The maximum Gasteiger partial charge on any atom is 0.236 e. The second kappa shape index (κ2) is 2.25. The van der Waals surface area contributed by atoms with Crippen molar-refractivity contribution < 1.29 is 9.90 Å². The van der Waals surface area contributed by atoms with E-state index >= 15 is 0 Å². The zero-order valence-corrected chi connectivity index (χ0v) is 6.91. The Morgan fingerprint density at radius 2 is 2.55 bits per heavy atom. The third kappa shape index (κ3) is 0.827. The monoisotopic (exact) mass is 171 g/mol. The van der Waals surface area contributed by atoms with E-state index in [0.717, 1.165) is 0 Å². The molecule has 0 aliphatic carbocycles. The van der Waals surface area contributed by atoms with Crippen molar-refractivity contribution in [2.45, 2.75) is 18.4 Å². The molecule has 0 aromatic carbocycles. The first kappa shape index (κ1) is 7.18. The molecule has 1 N–H and O–H groups in total. The molecule has 0 aromatic rings. The number of carbonyl (C=O) groups excluding carboxylic acids is 1. The average Bonchev–Trinajstić information content (AvgIpc) is 2.30. The fourth-order valence-corrected chi connectivity index (χ4v) is 2.63. The lowest BCUT2D eigenvalue weighted by atomic mass is 9.93. The minimum atomic E-state index is -0.517. The molecule has 0 saturated carbocycles. The van der Waals surface area contributed by atoms with Crippen LogP contribution in [0, 0.1) is 5.92 Å². The van der Waals surface area contributed by atoms with Gasteiger partial charge in [-0.2, -0.15) is 0 Å². The van der Waals surface area contributed by atoms with Crippen molar-refractivity contribution in [1.29, 1.82) is 0 Å².